The van der Waals surface area contributed by atoms with Gasteiger partial charge >= 0.3 is 0 Å². The Kier molecular flexibility index (Phi) is 7.25. The predicted molar refractivity (Wildman–Crippen MR) is 110 cm³/mol. The van der Waals surface area contributed by atoms with Crippen molar-refractivity contribution in [3.63, 3.8) is 0 Å². The topological polar surface area (TPSA) is 61.8 Å². The zero-order valence-corrected chi connectivity index (χ0v) is 16.8. The lowest BCUT2D eigenvalue weighted by molar-refractivity contribution is 0.0641. The Hall–Kier alpha value is -2.53. The van der Waals surface area contributed by atoms with Crippen molar-refractivity contribution in [2.75, 3.05) is 25.6 Å². The monoisotopic (exact) mass is 370 g/mol. The van der Waals surface area contributed by atoms with E-state index < -0.39 is 0 Å². The molecule has 5 heteroatoms. The number of carbonyl (C=O) groups is 1. The highest BCUT2D eigenvalue weighted by molar-refractivity contribution is 6.05. The van der Waals surface area contributed by atoms with Crippen LogP contribution in [0.5, 0.6) is 5.75 Å². The van der Waals surface area contributed by atoms with E-state index in [-0.39, 0.29) is 24.6 Å². The zero-order valence-electron chi connectivity index (χ0n) is 16.8. The number of aliphatic hydroxyl groups is 1. The molecule has 0 fully saturated rings. The van der Waals surface area contributed by atoms with Crippen LogP contribution in [0.25, 0.3) is 11.1 Å². The fraction of sp³-hybridized carbons (Fsp3) is 0.409. The van der Waals surface area contributed by atoms with Crippen molar-refractivity contribution in [2.24, 2.45) is 0 Å². The van der Waals surface area contributed by atoms with Crippen molar-refractivity contribution in [3.05, 3.63) is 48.0 Å². The summed E-state index contributed by atoms with van der Waals surface area (Å²) in [5.74, 6) is 0.505. The molecule has 5 nitrogen and oxygen atoms in total. The van der Waals surface area contributed by atoms with E-state index in [9.17, 15) is 4.79 Å². The van der Waals surface area contributed by atoms with E-state index in [0.29, 0.717) is 17.9 Å². The molecule has 2 N–H and O–H groups in total. The molecular formula is C22H30N2O3. The van der Waals surface area contributed by atoms with Gasteiger partial charge in [-0.2, -0.15) is 0 Å². The molecule has 0 aliphatic rings. The summed E-state index contributed by atoms with van der Waals surface area (Å²) in [6.45, 7) is 8.54. The van der Waals surface area contributed by atoms with Gasteiger partial charge in [0.05, 0.1) is 19.3 Å². The third kappa shape index (κ3) is 4.61. The van der Waals surface area contributed by atoms with Gasteiger partial charge in [-0.15, -0.1) is 0 Å². The summed E-state index contributed by atoms with van der Waals surface area (Å²) in [6.07, 6.45) is 0. The quantitative estimate of drug-likeness (QED) is 0.737. The fourth-order valence-corrected chi connectivity index (χ4v) is 3.40. The molecule has 0 aliphatic carbocycles. The number of hydrogen-bond donors (Lipinski definition) is 2. The number of nitrogens with one attached hydrogen (secondary N) is 1. The molecule has 0 radical (unpaired) electrons. The van der Waals surface area contributed by atoms with Crippen molar-refractivity contribution >= 4 is 11.6 Å². The number of aliphatic hydroxyl groups excluding tert-OH is 1. The molecule has 0 bridgehead atoms. The minimum atomic E-state index is -0.0515. The van der Waals surface area contributed by atoms with Crippen molar-refractivity contribution in [1.29, 1.82) is 0 Å². The van der Waals surface area contributed by atoms with Crippen molar-refractivity contribution in [2.45, 2.75) is 39.8 Å². The van der Waals surface area contributed by atoms with Crippen LogP contribution >= 0.6 is 0 Å². The summed E-state index contributed by atoms with van der Waals surface area (Å²) in [6, 6.07) is 13.6. The van der Waals surface area contributed by atoms with Gasteiger partial charge in [0.1, 0.15) is 5.75 Å². The van der Waals surface area contributed by atoms with Gasteiger partial charge < -0.3 is 20.1 Å². The lowest BCUT2D eigenvalue weighted by atomic mass is 9.95. The number of carbonyl (C=O) groups excluding carboxylic acids is 1. The molecule has 2 rings (SSSR count). The summed E-state index contributed by atoms with van der Waals surface area (Å²) in [4.78, 5) is 15.4. The fourth-order valence-electron chi connectivity index (χ4n) is 3.40. The van der Waals surface area contributed by atoms with Gasteiger partial charge in [-0.25, -0.2) is 0 Å². The smallest absolute Gasteiger partial charge is 0.258 e. The number of nitrogens with zero attached hydrogens (tertiary/aromatic N) is 1. The first-order chi connectivity index (χ1) is 12.9. The van der Waals surface area contributed by atoms with Crippen LogP contribution in [-0.2, 0) is 0 Å². The number of para-hydroxylation sites is 1. The van der Waals surface area contributed by atoms with E-state index in [1.54, 1.807) is 7.11 Å². The first kappa shape index (κ1) is 20.8. The van der Waals surface area contributed by atoms with E-state index in [1.807, 2.05) is 75.1 Å². The molecule has 27 heavy (non-hydrogen) atoms. The maximum Gasteiger partial charge on any atom is 0.258 e. The van der Waals surface area contributed by atoms with Crippen LogP contribution in [-0.4, -0.2) is 48.3 Å². The number of hydrogen-bond acceptors (Lipinski definition) is 4. The standard InChI is InChI=1S/C22H30N2O3/c1-15(2)24(16(3)4)22(26)21-18(10-8-12-20(21)27-5)17-9-6-7-11-19(17)23-13-14-25/h6-12,15-16,23,25H,13-14H2,1-5H3. The van der Waals surface area contributed by atoms with Gasteiger partial charge in [-0.1, -0.05) is 30.3 Å². The number of benzene rings is 2. The van der Waals surface area contributed by atoms with E-state index >= 15 is 0 Å². The van der Waals surface area contributed by atoms with Gasteiger partial charge in [0.25, 0.3) is 5.91 Å². The summed E-state index contributed by atoms with van der Waals surface area (Å²) < 4.78 is 5.55. The molecule has 2 aromatic rings. The molecule has 0 aromatic heterocycles. The highest BCUT2D eigenvalue weighted by atomic mass is 16.5. The van der Waals surface area contributed by atoms with Gasteiger partial charge in [0.2, 0.25) is 0 Å². The lowest BCUT2D eigenvalue weighted by Gasteiger charge is -2.32. The second-order valence-corrected chi connectivity index (χ2v) is 6.98. The maximum absolute atomic E-state index is 13.5. The summed E-state index contributed by atoms with van der Waals surface area (Å²) in [7, 11) is 1.58. The average molecular weight is 370 g/mol. The summed E-state index contributed by atoms with van der Waals surface area (Å²) in [5, 5.41) is 12.4. The Morgan fingerprint density at radius 3 is 2.26 bits per heavy atom. The predicted octanol–water partition coefficient (Wildman–Crippen LogP) is 4.03. The van der Waals surface area contributed by atoms with Crippen LogP contribution in [0.4, 0.5) is 5.69 Å². The Morgan fingerprint density at radius 2 is 1.67 bits per heavy atom. The first-order valence-corrected chi connectivity index (χ1v) is 9.36. The number of amides is 1. The molecule has 0 aliphatic heterocycles. The number of methoxy groups -OCH3 is 1. The van der Waals surface area contributed by atoms with Gasteiger partial charge in [-0.05, 0) is 39.8 Å². The molecule has 0 saturated carbocycles. The van der Waals surface area contributed by atoms with Crippen molar-refractivity contribution in [3.8, 4) is 16.9 Å². The summed E-state index contributed by atoms with van der Waals surface area (Å²) >= 11 is 0. The van der Waals surface area contributed by atoms with Gasteiger partial charge in [-0.3, -0.25) is 4.79 Å². The molecule has 0 heterocycles. The SMILES string of the molecule is COc1cccc(-c2ccccc2NCCO)c1C(=O)N(C(C)C)C(C)C. The summed E-state index contributed by atoms with van der Waals surface area (Å²) in [5.41, 5.74) is 3.14. The minimum absolute atomic E-state index is 0.0344. The molecule has 0 unspecified atom stereocenters. The van der Waals surface area contributed by atoms with Crippen LogP contribution in [0.1, 0.15) is 38.1 Å². The Morgan fingerprint density at radius 1 is 1.04 bits per heavy atom. The van der Waals surface area contributed by atoms with Crippen LogP contribution in [0.2, 0.25) is 0 Å². The lowest BCUT2D eigenvalue weighted by Crippen LogP contribution is -2.42. The van der Waals surface area contributed by atoms with Gasteiger partial charge in [0.15, 0.2) is 0 Å². The van der Waals surface area contributed by atoms with E-state index in [2.05, 4.69) is 5.32 Å². The number of anilines is 1. The maximum atomic E-state index is 13.5. The van der Waals surface area contributed by atoms with Crippen LogP contribution < -0.4 is 10.1 Å². The molecule has 146 valence electrons. The van der Waals surface area contributed by atoms with E-state index in [4.69, 9.17) is 9.84 Å². The van der Waals surface area contributed by atoms with Gasteiger partial charge in [0, 0.05) is 35.4 Å². The number of rotatable bonds is 8. The molecule has 0 spiro atoms. The Bertz CT molecular complexity index is 764. The largest absolute Gasteiger partial charge is 0.496 e. The highest BCUT2D eigenvalue weighted by Crippen LogP contribution is 2.36. The van der Waals surface area contributed by atoms with Crippen LogP contribution in [0.3, 0.4) is 0 Å². The molecule has 0 saturated heterocycles. The first-order valence-electron chi connectivity index (χ1n) is 9.36. The second-order valence-electron chi connectivity index (χ2n) is 6.98. The molecule has 1 amide bonds. The zero-order chi connectivity index (χ0) is 20.0. The molecular weight excluding hydrogens is 340 g/mol. The van der Waals surface area contributed by atoms with Crippen LogP contribution in [0.15, 0.2) is 42.5 Å². The van der Waals surface area contributed by atoms with Crippen LogP contribution in [0, 0.1) is 0 Å². The number of ether oxygens (including phenoxy) is 1. The average Bonchev–Trinajstić information content (AvgIpc) is 2.65. The minimum Gasteiger partial charge on any atom is -0.496 e. The second kappa shape index (κ2) is 9.42. The Balaban J connectivity index is 2.65. The third-order valence-electron chi connectivity index (χ3n) is 4.45. The van der Waals surface area contributed by atoms with E-state index in [1.165, 1.54) is 0 Å². The van der Waals surface area contributed by atoms with Crippen molar-refractivity contribution < 1.29 is 14.6 Å². The third-order valence-corrected chi connectivity index (χ3v) is 4.45. The van der Waals surface area contributed by atoms with Crippen molar-refractivity contribution in [1.82, 2.24) is 4.90 Å². The molecule has 2 aromatic carbocycles. The normalized spacial score (nSPS) is 11.0. The Labute approximate surface area is 162 Å². The van der Waals surface area contributed by atoms with E-state index in [0.717, 1.165) is 16.8 Å². The molecule has 0 atom stereocenters. The highest BCUT2D eigenvalue weighted by Gasteiger charge is 2.27.